The van der Waals surface area contributed by atoms with E-state index in [1.807, 2.05) is 0 Å². The Bertz CT molecular complexity index is 106. The zero-order valence-corrected chi connectivity index (χ0v) is 7.67. The monoisotopic (exact) mass is 158 g/mol. The molecule has 11 heavy (non-hydrogen) atoms. The first kappa shape index (κ1) is 9.01. The second-order valence-corrected chi connectivity index (χ2v) is 3.44. The minimum absolute atomic E-state index is 0.262. The van der Waals surface area contributed by atoms with Gasteiger partial charge in [-0.1, -0.05) is 0 Å². The number of rotatable bonds is 3. The summed E-state index contributed by atoms with van der Waals surface area (Å²) >= 11 is 0. The molecule has 66 valence electrons. The predicted molar refractivity (Wildman–Crippen MR) is 44.7 cm³/mol. The van der Waals surface area contributed by atoms with E-state index in [-0.39, 0.29) is 6.10 Å². The van der Waals surface area contributed by atoms with Gasteiger partial charge in [0.25, 0.3) is 0 Å². The summed E-state index contributed by atoms with van der Waals surface area (Å²) in [6.45, 7) is 7.13. The van der Waals surface area contributed by atoms with Crippen LogP contribution in [0.15, 0.2) is 0 Å². The van der Waals surface area contributed by atoms with Gasteiger partial charge in [0.1, 0.15) is 0 Å². The Morgan fingerprint density at radius 3 is 2.55 bits per heavy atom. The van der Waals surface area contributed by atoms with Crippen molar-refractivity contribution in [1.82, 2.24) is 0 Å². The molecule has 0 N–H and O–H groups in total. The highest BCUT2D eigenvalue weighted by molar-refractivity contribution is 4.71. The minimum atomic E-state index is 0.262. The smallest absolute Gasteiger partial charge is 0.0834 e. The van der Waals surface area contributed by atoms with E-state index < -0.39 is 0 Å². The highest BCUT2D eigenvalue weighted by Crippen LogP contribution is 2.18. The summed E-state index contributed by atoms with van der Waals surface area (Å²) in [5, 5.41) is 0. The van der Waals surface area contributed by atoms with Crippen LogP contribution in [0.5, 0.6) is 0 Å². The molecular weight excluding hydrogens is 140 g/mol. The molecule has 2 atom stereocenters. The molecule has 1 aliphatic heterocycles. The Hall–Kier alpha value is -0.0800. The first-order chi connectivity index (χ1) is 5.20. The van der Waals surface area contributed by atoms with Gasteiger partial charge < -0.3 is 9.47 Å². The van der Waals surface area contributed by atoms with Gasteiger partial charge in [-0.15, -0.1) is 0 Å². The van der Waals surface area contributed by atoms with Gasteiger partial charge >= 0.3 is 0 Å². The third-order valence-electron chi connectivity index (χ3n) is 1.98. The standard InChI is InChI=1S/C9H18O2/c1-7(2)11-8(3)9-5-4-6-10-9/h7-9H,4-6H2,1-3H3. The van der Waals surface area contributed by atoms with Crippen LogP contribution in [0.4, 0.5) is 0 Å². The summed E-state index contributed by atoms with van der Waals surface area (Å²) in [7, 11) is 0. The van der Waals surface area contributed by atoms with Gasteiger partial charge in [0.15, 0.2) is 0 Å². The maximum atomic E-state index is 5.61. The zero-order valence-electron chi connectivity index (χ0n) is 7.67. The van der Waals surface area contributed by atoms with Crippen LogP contribution in [-0.4, -0.2) is 24.9 Å². The maximum Gasteiger partial charge on any atom is 0.0834 e. The fourth-order valence-corrected chi connectivity index (χ4v) is 1.49. The lowest BCUT2D eigenvalue weighted by atomic mass is 10.1. The summed E-state index contributed by atoms with van der Waals surface area (Å²) in [5.41, 5.74) is 0. The maximum absolute atomic E-state index is 5.61. The summed E-state index contributed by atoms with van der Waals surface area (Å²) in [4.78, 5) is 0. The van der Waals surface area contributed by atoms with Crippen LogP contribution in [0.3, 0.4) is 0 Å². The first-order valence-corrected chi connectivity index (χ1v) is 4.47. The van der Waals surface area contributed by atoms with Crippen molar-refractivity contribution in [2.45, 2.75) is 51.9 Å². The molecule has 0 aromatic rings. The molecule has 1 rings (SSSR count). The average Bonchev–Trinajstić information content (AvgIpc) is 2.35. The minimum Gasteiger partial charge on any atom is -0.376 e. The fraction of sp³-hybridized carbons (Fsp3) is 1.00. The molecule has 0 saturated carbocycles. The molecule has 0 aromatic heterocycles. The van der Waals surface area contributed by atoms with E-state index in [2.05, 4.69) is 20.8 Å². The van der Waals surface area contributed by atoms with Crippen LogP contribution in [-0.2, 0) is 9.47 Å². The van der Waals surface area contributed by atoms with E-state index in [1.165, 1.54) is 6.42 Å². The van der Waals surface area contributed by atoms with Gasteiger partial charge in [0.2, 0.25) is 0 Å². The molecule has 0 aromatic carbocycles. The zero-order chi connectivity index (χ0) is 8.27. The number of ether oxygens (including phenoxy) is 2. The Morgan fingerprint density at radius 2 is 2.09 bits per heavy atom. The molecule has 1 fully saturated rings. The highest BCUT2D eigenvalue weighted by Gasteiger charge is 2.23. The Labute approximate surface area is 68.9 Å². The summed E-state index contributed by atoms with van der Waals surface area (Å²) in [5.74, 6) is 0. The van der Waals surface area contributed by atoms with Crippen molar-refractivity contribution in [3.63, 3.8) is 0 Å². The van der Waals surface area contributed by atoms with Gasteiger partial charge in [-0.3, -0.25) is 0 Å². The lowest BCUT2D eigenvalue weighted by molar-refractivity contribution is -0.0631. The number of hydrogen-bond donors (Lipinski definition) is 0. The van der Waals surface area contributed by atoms with Crippen molar-refractivity contribution in [1.29, 1.82) is 0 Å². The molecule has 1 saturated heterocycles. The second-order valence-electron chi connectivity index (χ2n) is 3.44. The molecular formula is C9H18O2. The molecule has 2 nitrogen and oxygen atoms in total. The van der Waals surface area contributed by atoms with E-state index >= 15 is 0 Å². The summed E-state index contributed by atoms with van der Waals surface area (Å²) in [6, 6.07) is 0. The quantitative estimate of drug-likeness (QED) is 0.625. The predicted octanol–water partition coefficient (Wildman–Crippen LogP) is 1.98. The van der Waals surface area contributed by atoms with Gasteiger partial charge in [0, 0.05) is 6.61 Å². The second kappa shape index (κ2) is 4.07. The van der Waals surface area contributed by atoms with E-state index in [1.54, 1.807) is 0 Å². The van der Waals surface area contributed by atoms with E-state index in [0.29, 0.717) is 12.2 Å². The van der Waals surface area contributed by atoms with Crippen LogP contribution in [0.2, 0.25) is 0 Å². The van der Waals surface area contributed by atoms with Crippen molar-refractivity contribution in [3.8, 4) is 0 Å². The number of hydrogen-bond acceptors (Lipinski definition) is 2. The van der Waals surface area contributed by atoms with Crippen molar-refractivity contribution >= 4 is 0 Å². The molecule has 2 heteroatoms. The third-order valence-corrected chi connectivity index (χ3v) is 1.98. The molecule has 1 aliphatic rings. The lowest BCUT2D eigenvalue weighted by Gasteiger charge is -2.21. The molecule has 2 unspecified atom stereocenters. The van der Waals surface area contributed by atoms with Crippen molar-refractivity contribution in [2.24, 2.45) is 0 Å². The fourth-order valence-electron chi connectivity index (χ4n) is 1.49. The molecule has 0 spiro atoms. The van der Waals surface area contributed by atoms with Gasteiger partial charge in [-0.2, -0.15) is 0 Å². The van der Waals surface area contributed by atoms with Crippen molar-refractivity contribution in [3.05, 3.63) is 0 Å². The van der Waals surface area contributed by atoms with E-state index in [9.17, 15) is 0 Å². The molecule has 0 aliphatic carbocycles. The molecule has 0 radical (unpaired) electrons. The van der Waals surface area contributed by atoms with Crippen LogP contribution >= 0.6 is 0 Å². The van der Waals surface area contributed by atoms with E-state index in [0.717, 1.165) is 13.0 Å². The van der Waals surface area contributed by atoms with Crippen molar-refractivity contribution < 1.29 is 9.47 Å². The molecule has 0 bridgehead atoms. The van der Waals surface area contributed by atoms with Crippen LogP contribution in [0, 0.1) is 0 Å². The van der Waals surface area contributed by atoms with Crippen LogP contribution in [0.25, 0.3) is 0 Å². The van der Waals surface area contributed by atoms with Gasteiger partial charge in [0.05, 0.1) is 18.3 Å². The highest BCUT2D eigenvalue weighted by atomic mass is 16.5. The third kappa shape index (κ3) is 2.80. The SMILES string of the molecule is CC(C)OC(C)C1CCCO1. The topological polar surface area (TPSA) is 18.5 Å². The van der Waals surface area contributed by atoms with Gasteiger partial charge in [-0.25, -0.2) is 0 Å². The van der Waals surface area contributed by atoms with Crippen LogP contribution in [0.1, 0.15) is 33.6 Å². The van der Waals surface area contributed by atoms with Crippen molar-refractivity contribution in [2.75, 3.05) is 6.61 Å². The molecule has 1 heterocycles. The molecule has 0 amide bonds. The Morgan fingerprint density at radius 1 is 1.36 bits per heavy atom. The van der Waals surface area contributed by atoms with E-state index in [4.69, 9.17) is 9.47 Å². The summed E-state index contributed by atoms with van der Waals surface area (Å²) in [6.07, 6.45) is 3.27. The summed E-state index contributed by atoms with van der Waals surface area (Å²) < 4.78 is 11.1. The Kier molecular flexibility index (Phi) is 3.34. The lowest BCUT2D eigenvalue weighted by Crippen LogP contribution is -2.27. The van der Waals surface area contributed by atoms with Crippen LogP contribution < -0.4 is 0 Å². The largest absolute Gasteiger partial charge is 0.376 e. The van der Waals surface area contributed by atoms with Gasteiger partial charge in [-0.05, 0) is 33.6 Å². The normalized spacial score (nSPS) is 27.8. The Balaban J connectivity index is 2.22. The first-order valence-electron chi connectivity index (χ1n) is 4.47. The average molecular weight is 158 g/mol.